The Bertz CT molecular complexity index is 3470. The molecule has 0 saturated carbocycles. The number of carbonyl (C=O) groups excluding carboxylic acids is 2. The summed E-state index contributed by atoms with van der Waals surface area (Å²) in [5.41, 5.74) is 4.16. The molecule has 0 radical (unpaired) electrons. The first-order valence-electron chi connectivity index (χ1n) is 29.4. The molecule has 0 atom stereocenters. The van der Waals surface area contributed by atoms with E-state index in [0.717, 1.165) is 153 Å². The first-order valence-corrected chi connectivity index (χ1v) is 29.4. The monoisotopic (exact) mass is 1010 g/mol. The number of unbranched alkanes of at least 4 members (excludes halogenated alkanes) is 16. The summed E-state index contributed by atoms with van der Waals surface area (Å²) in [5, 5.41) is 56.7. The van der Waals surface area contributed by atoms with Gasteiger partial charge < -0.3 is 0 Å². The highest BCUT2D eigenvalue weighted by atomic mass is 16.2. The van der Waals surface area contributed by atoms with Crippen LogP contribution in [0.4, 0.5) is 0 Å². The number of nitriles is 4. The van der Waals surface area contributed by atoms with Gasteiger partial charge in [-0.2, -0.15) is 21.0 Å². The molecule has 10 rings (SSSR count). The molecule has 0 saturated heterocycles. The minimum Gasteiger partial charge on any atom is -0.292 e. The Balaban J connectivity index is 1.14. The van der Waals surface area contributed by atoms with Crippen LogP contribution < -0.4 is 0 Å². The molecule has 8 aromatic rings. The van der Waals surface area contributed by atoms with Gasteiger partial charge >= 0.3 is 0 Å². The lowest BCUT2D eigenvalue weighted by Gasteiger charge is -2.37. The van der Waals surface area contributed by atoms with Crippen LogP contribution in [0, 0.1) is 45.3 Å². The highest BCUT2D eigenvalue weighted by Crippen LogP contribution is 2.52. The normalized spacial score (nSPS) is 13.8. The van der Waals surface area contributed by atoms with Gasteiger partial charge in [-0.15, -0.1) is 0 Å². The maximum absolute atomic E-state index is 15.2. The van der Waals surface area contributed by atoms with Gasteiger partial charge in [0.1, 0.15) is 12.1 Å². The zero-order valence-electron chi connectivity index (χ0n) is 45.7. The first kappa shape index (κ1) is 52.6. The number of hydrogen-bond donors (Lipinski definition) is 0. The van der Waals surface area contributed by atoms with Gasteiger partial charge in [-0.3, -0.25) is 19.4 Å². The molecule has 0 N–H and O–H groups in total. The van der Waals surface area contributed by atoms with Crippen molar-refractivity contribution in [3.05, 3.63) is 93.0 Å². The highest BCUT2D eigenvalue weighted by molar-refractivity contribution is 6.45. The van der Waals surface area contributed by atoms with E-state index in [0.29, 0.717) is 53.9 Å². The van der Waals surface area contributed by atoms with E-state index in [9.17, 15) is 21.0 Å². The van der Waals surface area contributed by atoms with Gasteiger partial charge in [-0.1, -0.05) is 180 Å². The van der Waals surface area contributed by atoms with Crippen molar-refractivity contribution in [2.75, 3.05) is 0 Å². The lowest BCUT2D eigenvalue weighted by atomic mass is 9.78. The molecule has 2 amide bonds. The Labute approximate surface area is 449 Å². The predicted octanol–water partition coefficient (Wildman–Crippen LogP) is 18.2. The Morgan fingerprint density at radius 1 is 0.382 bits per heavy atom. The molecule has 8 heteroatoms. The van der Waals surface area contributed by atoms with E-state index in [1.54, 1.807) is 0 Å². The summed E-state index contributed by atoms with van der Waals surface area (Å²) in [4.78, 5) is 34.4. The maximum atomic E-state index is 15.2. The molecule has 0 aliphatic carbocycles. The second-order valence-electron chi connectivity index (χ2n) is 22.6. The molecule has 0 bridgehead atoms. The van der Waals surface area contributed by atoms with Crippen molar-refractivity contribution in [1.29, 1.82) is 21.0 Å². The summed E-state index contributed by atoms with van der Waals surface area (Å²) in [6, 6.07) is 26.5. The van der Waals surface area contributed by atoms with Crippen LogP contribution in [0.5, 0.6) is 0 Å². The molecular weight excluding hydrogens is 933 g/mol. The maximum Gasteiger partial charge on any atom is 0.263 e. The van der Waals surface area contributed by atoms with Gasteiger partial charge in [0.2, 0.25) is 0 Å². The Morgan fingerprint density at radius 3 is 1.03 bits per heavy atom. The van der Waals surface area contributed by atoms with Crippen molar-refractivity contribution >= 4 is 87.2 Å². The van der Waals surface area contributed by atoms with E-state index in [2.05, 4.69) is 93.3 Å². The van der Waals surface area contributed by atoms with Crippen LogP contribution in [0.25, 0.3) is 75.4 Å². The zero-order valence-corrected chi connectivity index (χ0v) is 45.7. The molecule has 2 aliphatic heterocycles. The zero-order chi connectivity index (χ0) is 53.0. The predicted molar refractivity (Wildman–Crippen MR) is 311 cm³/mol. The quantitative estimate of drug-likeness (QED) is 0.0228. The van der Waals surface area contributed by atoms with Crippen LogP contribution in [0.3, 0.4) is 0 Å². The second kappa shape index (κ2) is 23.2. The molecule has 0 spiro atoms. The summed E-state index contributed by atoms with van der Waals surface area (Å²) in [6.45, 7) is 10.2. The van der Waals surface area contributed by atoms with Crippen molar-refractivity contribution in [3.63, 3.8) is 0 Å². The fraction of sp³-hybridized carbons (Fsp3) is 0.471. The molecule has 0 aromatic heterocycles. The number of nitrogens with zero attached hydrogens (tertiary/aromatic N) is 6. The number of imide groups is 1. The summed E-state index contributed by atoms with van der Waals surface area (Å²) < 4.78 is 0. The van der Waals surface area contributed by atoms with Gasteiger partial charge in [0.15, 0.2) is 0 Å². The summed E-state index contributed by atoms with van der Waals surface area (Å²) >= 11 is 0. The van der Waals surface area contributed by atoms with E-state index in [1.807, 2.05) is 12.1 Å². The smallest absolute Gasteiger partial charge is 0.263 e. The fourth-order valence-corrected chi connectivity index (χ4v) is 14.0. The van der Waals surface area contributed by atoms with E-state index < -0.39 is 11.8 Å². The Hall–Kier alpha value is -6.84. The van der Waals surface area contributed by atoms with E-state index >= 15 is 9.59 Å². The van der Waals surface area contributed by atoms with Crippen molar-refractivity contribution in [2.24, 2.45) is 0 Å². The lowest BCUT2D eigenvalue weighted by molar-refractivity contribution is 0.0516. The lowest BCUT2D eigenvalue weighted by Crippen LogP contribution is -2.47. The molecule has 8 nitrogen and oxygen atoms in total. The van der Waals surface area contributed by atoms with E-state index in [-0.39, 0.29) is 28.3 Å². The summed E-state index contributed by atoms with van der Waals surface area (Å²) in [7, 11) is 0. The fourth-order valence-electron chi connectivity index (χ4n) is 14.0. The van der Waals surface area contributed by atoms with Crippen molar-refractivity contribution in [2.45, 2.75) is 207 Å². The van der Waals surface area contributed by atoms with Crippen LogP contribution in [0.1, 0.15) is 236 Å². The van der Waals surface area contributed by atoms with E-state index in [1.165, 1.54) is 69.1 Å². The molecule has 2 aliphatic rings. The Kier molecular flexibility index (Phi) is 16.0. The molecule has 2 heterocycles. The van der Waals surface area contributed by atoms with Gasteiger partial charge in [0.25, 0.3) is 11.8 Å². The number of benzene rings is 8. The molecule has 0 unspecified atom stereocenters. The molecule has 0 fully saturated rings. The van der Waals surface area contributed by atoms with Crippen molar-refractivity contribution in [1.82, 2.24) is 9.80 Å². The number of fused-ring (bicyclic) bond motifs is 4. The van der Waals surface area contributed by atoms with Crippen LogP contribution >= 0.6 is 0 Å². The van der Waals surface area contributed by atoms with Gasteiger partial charge in [0, 0.05) is 30.6 Å². The van der Waals surface area contributed by atoms with Crippen LogP contribution in [0.2, 0.25) is 0 Å². The largest absolute Gasteiger partial charge is 0.292 e. The number of rotatable bonds is 26. The molecule has 76 heavy (non-hydrogen) atoms. The second-order valence-corrected chi connectivity index (χ2v) is 22.6. The molecular formula is C68H74N6O2. The highest BCUT2D eigenvalue weighted by Gasteiger charge is 2.42. The van der Waals surface area contributed by atoms with E-state index in [4.69, 9.17) is 0 Å². The third kappa shape index (κ3) is 9.16. The minimum absolute atomic E-state index is 0.201. The minimum atomic E-state index is -0.438. The van der Waals surface area contributed by atoms with Crippen molar-refractivity contribution in [3.8, 4) is 24.3 Å². The van der Waals surface area contributed by atoms with Gasteiger partial charge in [-0.25, -0.2) is 0 Å². The third-order valence-corrected chi connectivity index (χ3v) is 17.9. The van der Waals surface area contributed by atoms with Crippen LogP contribution in [-0.2, 0) is 13.1 Å². The summed E-state index contributed by atoms with van der Waals surface area (Å²) in [5.74, 6) is -0.877. The number of amides is 2. The standard InChI is InChI=1S/C68H74N6O2/c1-5-9-13-17-21-25-47(26-22-18-14-10-6-2)73-41-57-43(37-69)33-53-49-29-31-51-55-35-45(39-71)59-66-60(68(76)74(67(59)75)48(27-23-19-15-11-7-3)28-24-20-16-12-8-4)46(40-72)36-56(64(55)66)52-32-30-50(61(49)62(51)52)54-34-44(38-70)58(42-73)65(57)63(53)54/h29-36,47-48H,5-28,41-42H2,1-4H3. The van der Waals surface area contributed by atoms with Crippen LogP contribution in [-0.4, -0.2) is 33.7 Å². The SMILES string of the molecule is CCCCCCCC(CCCCCCC)N1Cc2c(C#N)cc3c4ccc5c6cc(C#N)c7c8c(c(C#N)cc(c9ccc(c%10cc(C#N)c(c2c3%10)C1)c4c59)c86)C(=O)N(C(CCCCCCC)CCCCCCC)C7=O. The van der Waals surface area contributed by atoms with Gasteiger partial charge in [0.05, 0.1) is 45.5 Å². The Morgan fingerprint density at radius 2 is 0.684 bits per heavy atom. The summed E-state index contributed by atoms with van der Waals surface area (Å²) in [6.07, 6.45) is 26.5. The number of hydrogen-bond acceptors (Lipinski definition) is 7. The average molecular weight is 1010 g/mol. The van der Waals surface area contributed by atoms with Crippen molar-refractivity contribution < 1.29 is 9.59 Å². The topological polar surface area (TPSA) is 136 Å². The van der Waals surface area contributed by atoms with Crippen LogP contribution in [0.15, 0.2) is 48.5 Å². The first-order chi connectivity index (χ1) is 37.3. The third-order valence-electron chi connectivity index (χ3n) is 17.9. The molecule has 8 aromatic carbocycles. The number of carbonyl (C=O) groups is 2. The molecule has 388 valence electrons. The van der Waals surface area contributed by atoms with Gasteiger partial charge in [-0.05, 0) is 131 Å². The average Bonchev–Trinajstić information content (AvgIpc) is 3.59.